The van der Waals surface area contributed by atoms with Crippen LogP contribution in [0.1, 0.15) is 30.4 Å². The van der Waals surface area contributed by atoms with E-state index in [1.807, 2.05) is 12.1 Å². The number of hydrogen-bond acceptors (Lipinski definition) is 6. The van der Waals surface area contributed by atoms with Crippen LogP contribution in [0.15, 0.2) is 56.8 Å². The van der Waals surface area contributed by atoms with Gasteiger partial charge in [0.2, 0.25) is 0 Å². The van der Waals surface area contributed by atoms with Gasteiger partial charge < -0.3 is 14.4 Å². The molecule has 2 aliphatic rings. The van der Waals surface area contributed by atoms with Crippen LogP contribution < -0.4 is 5.76 Å². The molecule has 0 spiro atoms. The second kappa shape index (κ2) is 8.47. The highest BCUT2D eigenvalue weighted by atomic mass is 19.1. The molecule has 0 radical (unpaired) electrons. The fourth-order valence-electron chi connectivity index (χ4n) is 4.69. The number of aliphatic carboxylic acids is 1. The van der Waals surface area contributed by atoms with Gasteiger partial charge in [-0.25, -0.2) is 14.0 Å². The van der Waals surface area contributed by atoms with Crippen LogP contribution in [0.2, 0.25) is 0 Å². The summed E-state index contributed by atoms with van der Waals surface area (Å²) in [5.41, 5.74) is 1.78. The Morgan fingerprint density at radius 1 is 1.21 bits per heavy atom. The summed E-state index contributed by atoms with van der Waals surface area (Å²) in [6.45, 7) is 1.76. The summed E-state index contributed by atoms with van der Waals surface area (Å²) < 4.78 is 18.2. The number of hydrogen-bond donors (Lipinski definition) is 2. The van der Waals surface area contributed by atoms with E-state index in [9.17, 15) is 19.1 Å². The van der Waals surface area contributed by atoms with E-state index in [-0.39, 0.29) is 18.8 Å². The molecule has 1 aromatic heterocycles. The van der Waals surface area contributed by atoms with Crippen molar-refractivity contribution in [2.24, 2.45) is 11.1 Å². The summed E-state index contributed by atoms with van der Waals surface area (Å²) in [6, 6.07) is 11.7. The highest BCUT2D eigenvalue weighted by Gasteiger charge is 2.48. The van der Waals surface area contributed by atoms with E-state index < -0.39 is 17.3 Å². The van der Waals surface area contributed by atoms with E-state index in [1.54, 1.807) is 18.2 Å². The maximum Gasteiger partial charge on any atom is 0.417 e. The Morgan fingerprint density at radius 3 is 2.70 bits per heavy atom. The number of piperidine rings is 1. The Morgan fingerprint density at radius 2 is 1.97 bits per heavy atom. The SMILES string of the molecule is O=C(O)C1(CN2CCC(Cc3ccc(F)cc3)CC2)CC(c2ccc3[nH]c(=O)oc3c2)=NO1. The normalized spacial score (nSPS) is 21.8. The second-order valence-corrected chi connectivity index (χ2v) is 8.88. The summed E-state index contributed by atoms with van der Waals surface area (Å²) in [4.78, 5) is 33.8. The zero-order chi connectivity index (χ0) is 23.0. The lowest BCUT2D eigenvalue weighted by atomic mass is 9.88. The Labute approximate surface area is 188 Å². The summed E-state index contributed by atoms with van der Waals surface area (Å²) in [5, 5.41) is 14.1. The number of nitrogens with one attached hydrogen (secondary N) is 1. The van der Waals surface area contributed by atoms with Crippen molar-refractivity contribution in [2.75, 3.05) is 19.6 Å². The molecule has 5 rings (SSSR count). The number of carboxylic acid groups (broad SMARTS) is 1. The monoisotopic (exact) mass is 453 g/mol. The minimum Gasteiger partial charge on any atom is -0.478 e. The van der Waals surface area contributed by atoms with E-state index in [0.29, 0.717) is 28.3 Å². The van der Waals surface area contributed by atoms with Crippen molar-refractivity contribution < 1.29 is 23.5 Å². The number of H-pyrrole nitrogens is 1. The van der Waals surface area contributed by atoms with E-state index >= 15 is 0 Å². The topological polar surface area (TPSA) is 108 Å². The Bertz CT molecular complexity index is 1260. The minimum atomic E-state index is -1.45. The lowest BCUT2D eigenvalue weighted by Gasteiger charge is -2.35. The zero-order valence-electron chi connectivity index (χ0n) is 17.9. The zero-order valence-corrected chi connectivity index (χ0v) is 17.9. The van der Waals surface area contributed by atoms with Crippen LogP contribution >= 0.6 is 0 Å². The van der Waals surface area contributed by atoms with Gasteiger partial charge in [0.25, 0.3) is 5.60 Å². The maximum absolute atomic E-state index is 13.1. The highest BCUT2D eigenvalue weighted by Crippen LogP contribution is 2.31. The first kappa shape index (κ1) is 21.4. The number of likely N-dealkylation sites (tertiary alicyclic amines) is 1. The first-order chi connectivity index (χ1) is 15.9. The predicted molar refractivity (Wildman–Crippen MR) is 119 cm³/mol. The molecule has 172 valence electrons. The molecule has 2 aliphatic heterocycles. The third-order valence-corrected chi connectivity index (χ3v) is 6.55. The van der Waals surface area contributed by atoms with Gasteiger partial charge in [0.05, 0.1) is 17.8 Å². The van der Waals surface area contributed by atoms with Crippen LogP contribution in [0.3, 0.4) is 0 Å². The highest BCUT2D eigenvalue weighted by molar-refractivity contribution is 6.06. The quantitative estimate of drug-likeness (QED) is 0.594. The van der Waals surface area contributed by atoms with Gasteiger partial charge in [0.15, 0.2) is 5.58 Å². The molecule has 3 heterocycles. The fourth-order valence-corrected chi connectivity index (χ4v) is 4.69. The lowest BCUT2D eigenvalue weighted by Crippen LogP contribution is -2.51. The minimum absolute atomic E-state index is 0.123. The third kappa shape index (κ3) is 4.41. The van der Waals surface area contributed by atoms with Crippen LogP contribution in [0.5, 0.6) is 0 Å². The Balaban J connectivity index is 1.22. The fraction of sp³-hybridized carbons (Fsp3) is 0.375. The summed E-state index contributed by atoms with van der Waals surface area (Å²) in [5.74, 6) is -1.35. The van der Waals surface area contributed by atoms with Crippen LogP contribution in [-0.4, -0.2) is 51.9 Å². The molecule has 0 aliphatic carbocycles. The van der Waals surface area contributed by atoms with Gasteiger partial charge in [-0.05, 0) is 68.1 Å². The van der Waals surface area contributed by atoms with Gasteiger partial charge in [-0.15, -0.1) is 0 Å². The van der Waals surface area contributed by atoms with Crippen molar-refractivity contribution in [1.82, 2.24) is 9.88 Å². The molecule has 0 amide bonds. The molecule has 1 unspecified atom stereocenters. The van der Waals surface area contributed by atoms with E-state index in [0.717, 1.165) is 37.9 Å². The number of benzene rings is 2. The molecule has 1 saturated heterocycles. The van der Waals surface area contributed by atoms with Crippen molar-refractivity contribution in [3.63, 3.8) is 0 Å². The third-order valence-electron chi connectivity index (χ3n) is 6.55. The molecule has 0 saturated carbocycles. The smallest absolute Gasteiger partial charge is 0.417 e. The number of aromatic nitrogens is 1. The van der Waals surface area contributed by atoms with Crippen molar-refractivity contribution in [1.29, 1.82) is 0 Å². The number of rotatable bonds is 6. The lowest BCUT2D eigenvalue weighted by molar-refractivity contribution is -0.165. The molecule has 0 bridgehead atoms. The van der Waals surface area contributed by atoms with E-state index in [1.165, 1.54) is 12.1 Å². The molecular formula is C24H24FN3O5. The first-order valence-electron chi connectivity index (χ1n) is 11.0. The van der Waals surface area contributed by atoms with Gasteiger partial charge in [-0.3, -0.25) is 9.88 Å². The van der Waals surface area contributed by atoms with Crippen LogP contribution in [-0.2, 0) is 16.1 Å². The average molecular weight is 453 g/mol. The van der Waals surface area contributed by atoms with Crippen LogP contribution in [0, 0.1) is 11.7 Å². The van der Waals surface area contributed by atoms with Crippen molar-refractivity contribution in [3.8, 4) is 0 Å². The van der Waals surface area contributed by atoms with Gasteiger partial charge in [-0.2, -0.15) is 0 Å². The number of aromatic amines is 1. The Kier molecular flexibility index (Phi) is 5.49. The number of fused-ring (bicyclic) bond motifs is 1. The first-order valence-corrected chi connectivity index (χ1v) is 11.0. The van der Waals surface area contributed by atoms with Gasteiger partial charge in [0.1, 0.15) is 5.82 Å². The molecule has 9 heteroatoms. The van der Waals surface area contributed by atoms with Gasteiger partial charge in [0, 0.05) is 12.0 Å². The van der Waals surface area contributed by atoms with Crippen molar-refractivity contribution >= 4 is 22.8 Å². The molecule has 1 fully saturated rings. The number of carboxylic acids is 1. The number of oxime groups is 1. The number of halogens is 1. The number of carbonyl (C=O) groups is 1. The maximum atomic E-state index is 13.1. The molecule has 8 nitrogen and oxygen atoms in total. The van der Waals surface area contributed by atoms with Crippen molar-refractivity contribution in [2.45, 2.75) is 31.3 Å². The molecule has 2 N–H and O–H groups in total. The number of nitrogens with zero attached hydrogens (tertiary/aromatic N) is 2. The average Bonchev–Trinajstić information content (AvgIpc) is 3.40. The van der Waals surface area contributed by atoms with E-state index in [4.69, 9.17) is 9.25 Å². The van der Waals surface area contributed by atoms with Crippen LogP contribution in [0.25, 0.3) is 11.1 Å². The standard InChI is InChI=1S/C24H24FN3O5/c25-18-4-1-15(2-5-18)11-16-7-9-28(10-8-16)14-24(22(29)30)13-20(27-33-24)17-3-6-19-21(12-17)32-23(31)26-19/h1-6,12,16H,7-11,13-14H2,(H,26,31)(H,29,30). The second-order valence-electron chi connectivity index (χ2n) is 8.88. The van der Waals surface area contributed by atoms with Gasteiger partial charge >= 0.3 is 11.7 Å². The molecular weight excluding hydrogens is 429 g/mol. The van der Waals surface area contributed by atoms with Crippen molar-refractivity contribution in [3.05, 3.63) is 70.0 Å². The summed E-state index contributed by atoms with van der Waals surface area (Å²) in [7, 11) is 0. The summed E-state index contributed by atoms with van der Waals surface area (Å²) >= 11 is 0. The largest absolute Gasteiger partial charge is 0.478 e. The Hall–Kier alpha value is -3.46. The molecule has 2 aromatic carbocycles. The van der Waals surface area contributed by atoms with Crippen LogP contribution in [0.4, 0.5) is 4.39 Å². The van der Waals surface area contributed by atoms with E-state index in [2.05, 4.69) is 15.0 Å². The molecule has 3 aromatic rings. The molecule has 1 atom stereocenters. The molecule has 33 heavy (non-hydrogen) atoms. The van der Waals surface area contributed by atoms with Gasteiger partial charge in [-0.1, -0.05) is 23.4 Å². The summed E-state index contributed by atoms with van der Waals surface area (Å²) in [6.07, 6.45) is 2.88. The number of oxazole rings is 1. The predicted octanol–water partition coefficient (Wildman–Crippen LogP) is 3.16.